The highest BCUT2D eigenvalue weighted by atomic mass is 127. The molecule has 0 aromatic carbocycles. The van der Waals surface area contributed by atoms with Crippen LogP contribution in [0.5, 0.6) is 0 Å². The monoisotopic (exact) mass is 515 g/mol. The fourth-order valence-electron chi connectivity index (χ4n) is 2.30. The lowest BCUT2D eigenvalue weighted by molar-refractivity contribution is -0.420. The fourth-order valence-corrected chi connectivity index (χ4v) is 2.99. The van der Waals surface area contributed by atoms with Crippen molar-refractivity contribution in [1.82, 2.24) is 0 Å². The van der Waals surface area contributed by atoms with Crippen molar-refractivity contribution >= 4 is 22.6 Å². The van der Waals surface area contributed by atoms with E-state index in [0.29, 0.717) is 71.6 Å². The van der Waals surface area contributed by atoms with Gasteiger partial charge in [-0.2, -0.15) is 0 Å². The summed E-state index contributed by atoms with van der Waals surface area (Å²) < 4.78 is 27.8. The number of aliphatic hydroxyl groups is 1. The van der Waals surface area contributed by atoms with Gasteiger partial charge in [-0.05, 0) is 12.5 Å². The molecule has 0 heterocycles. The summed E-state index contributed by atoms with van der Waals surface area (Å²) in [6.07, 6.45) is 3.74. The van der Waals surface area contributed by atoms with Gasteiger partial charge >= 0.3 is 0 Å². The van der Waals surface area contributed by atoms with E-state index < -0.39 is 4.92 Å². The first kappa shape index (κ1) is 25.2. The molecule has 9 nitrogen and oxygen atoms in total. The Kier molecular flexibility index (Phi) is 13.6. The van der Waals surface area contributed by atoms with Crippen molar-refractivity contribution < 1.29 is 33.7 Å². The average molecular weight is 515 g/mol. The van der Waals surface area contributed by atoms with Gasteiger partial charge in [0.15, 0.2) is 0 Å². The third-order valence-electron chi connectivity index (χ3n) is 3.98. The summed E-state index contributed by atoms with van der Waals surface area (Å²) in [5, 5.41) is 19.5. The third-order valence-corrected chi connectivity index (χ3v) is 5.66. The number of halogens is 1. The summed E-state index contributed by atoms with van der Waals surface area (Å²) in [5.74, 6) is 0.635. The molecular weight excluding hydrogens is 485 g/mol. The zero-order valence-electron chi connectivity index (χ0n) is 16.3. The Morgan fingerprint density at radius 2 is 1.54 bits per heavy atom. The molecule has 0 aromatic rings. The summed E-state index contributed by atoms with van der Waals surface area (Å²) in [4.78, 5) is 10.6. The Labute approximate surface area is 179 Å². The third kappa shape index (κ3) is 10.1. The van der Waals surface area contributed by atoms with E-state index in [-0.39, 0.29) is 17.7 Å². The van der Waals surface area contributed by atoms with Gasteiger partial charge in [-0.3, -0.25) is 10.1 Å². The minimum absolute atomic E-state index is 0.0142. The second kappa shape index (κ2) is 15.1. The number of aliphatic hydroxyl groups excluding tert-OH is 1. The van der Waals surface area contributed by atoms with Crippen molar-refractivity contribution in [1.29, 1.82) is 0 Å². The topological polar surface area (TPSA) is 110 Å². The molecule has 1 atom stereocenters. The van der Waals surface area contributed by atoms with Gasteiger partial charge in [0.05, 0.1) is 70.5 Å². The number of nitro groups is 1. The maximum Gasteiger partial charge on any atom is 0.268 e. The molecule has 0 aromatic heterocycles. The highest BCUT2D eigenvalue weighted by molar-refractivity contribution is 14.1. The number of nitrogens with zero attached hydrogens (tertiary/aromatic N) is 1. The molecule has 1 aliphatic rings. The van der Waals surface area contributed by atoms with Crippen LogP contribution in [-0.4, -0.2) is 80.5 Å². The van der Waals surface area contributed by atoms with Gasteiger partial charge in [0.1, 0.15) is 12.4 Å². The Morgan fingerprint density at radius 3 is 2.00 bits per heavy atom. The second-order valence-corrected chi connectivity index (χ2v) is 7.08. The molecule has 0 amide bonds. The van der Waals surface area contributed by atoms with Crippen LogP contribution in [0.4, 0.5) is 0 Å². The molecule has 0 saturated carbocycles. The summed E-state index contributed by atoms with van der Waals surface area (Å²) in [6.45, 7) is 5.84. The van der Waals surface area contributed by atoms with E-state index in [2.05, 4.69) is 22.6 Å². The zero-order chi connectivity index (χ0) is 20.7. The normalized spacial score (nSPS) is 19.2. The van der Waals surface area contributed by atoms with Crippen molar-refractivity contribution in [2.24, 2.45) is 5.41 Å². The number of allylic oxidation sites excluding steroid dienone is 3. The fraction of sp³-hybridized carbons (Fsp3) is 0.778. The Morgan fingerprint density at radius 1 is 1.04 bits per heavy atom. The molecule has 0 aliphatic heterocycles. The standard InChI is InChI=1S/C18H30INO8/c1-18(15-19)3-2-16(20(22)23)14-17(18)28-13-12-27-11-10-26-9-8-25-7-6-24-5-4-21/h2,14,21H,3-13,15H2,1H3. The van der Waals surface area contributed by atoms with Gasteiger partial charge in [0, 0.05) is 9.84 Å². The summed E-state index contributed by atoms with van der Waals surface area (Å²) in [6, 6.07) is 0. The van der Waals surface area contributed by atoms with Gasteiger partial charge in [-0.25, -0.2) is 0 Å². The molecule has 1 rings (SSSR count). The quantitative estimate of drug-likeness (QED) is 0.103. The molecule has 1 aliphatic carbocycles. The first-order valence-electron chi connectivity index (χ1n) is 9.21. The first-order valence-corrected chi connectivity index (χ1v) is 10.7. The average Bonchev–Trinajstić information content (AvgIpc) is 2.69. The van der Waals surface area contributed by atoms with Crippen LogP contribution in [0.25, 0.3) is 0 Å². The van der Waals surface area contributed by atoms with Crippen LogP contribution in [-0.2, 0) is 23.7 Å². The van der Waals surface area contributed by atoms with Crippen LogP contribution >= 0.6 is 22.6 Å². The van der Waals surface area contributed by atoms with E-state index in [1.807, 2.05) is 6.92 Å². The van der Waals surface area contributed by atoms with Gasteiger partial charge in [-0.15, -0.1) is 0 Å². The maximum atomic E-state index is 11.0. The van der Waals surface area contributed by atoms with Crippen molar-refractivity contribution in [3.8, 4) is 0 Å². The van der Waals surface area contributed by atoms with Gasteiger partial charge in [0.25, 0.3) is 5.70 Å². The number of ether oxygens (including phenoxy) is 5. The summed E-state index contributed by atoms with van der Waals surface area (Å²) >= 11 is 2.27. The molecule has 0 fully saturated rings. The molecular formula is C18H30INO8. The molecule has 0 radical (unpaired) electrons. The second-order valence-electron chi connectivity index (χ2n) is 6.31. The molecule has 28 heavy (non-hydrogen) atoms. The Bertz CT molecular complexity index is 514. The lowest BCUT2D eigenvalue weighted by atomic mass is 9.83. The van der Waals surface area contributed by atoms with Gasteiger partial charge in [0.2, 0.25) is 0 Å². The van der Waals surface area contributed by atoms with E-state index in [4.69, 9.17) is 28.8 Å². The zero-order valence-corrected chi connectivity index (χ0v) is 18.4. The molecule has 1 unspecified atom stereocenters. The Balaban J connectivity index is 2.06. The Hall–Kier alpha value is -0.790. The van der Waals surface area contributed by atoms with E-state index >= 15 is 0 Å². The smallest absolute Gasteiger partial charge is 0.268 e. The lowest BCUT2D eigenvalue weighted by Crippen LogP contribution is -2.27. The largest absolute Gasteiger partial charge is 0.495 e. The summed E-state index contributed by atoms with van der Waals surface area (Å²) in [7, 11) is 0. The SMILES string of the molecule is CC1(CI)CC=C([N+](=O)[O-])C=C1OCCOCCOCCOCCOCCO. The van der Waals surface area contributed by atoms with Crippen LogP contribution in [0.1, 0.15) is 13.3 Å². The van der Waals surface area contributed by atoms with Gasteiger partial charge < -0.3 is 28.8 Å². The minimum atomic E-state index is -0.393. The molecule has 0 spiro atoms. The molecule has 1 N–H and O–H groups in total. The predicted octanol–water partition coefficient (Wildman–Crippen LogP) is 1.95. The highest BCUT2D eigenvalue weighted by Gasteiger charge is 2.34. The number of alkyl halides is 1. The molecule has 162 valence electrons. The van der Waals surface area contributed by atoms with E-state index in [9.17, 15) is 10.1 Å². The summed E-state index contributed by atoms with van der Waals surface area (Å²) in [5.41, 5.74) is -0.152. The van der Waals surface area contributed by atoms with Crippen LogP contribution in [0.2, 0.25) is 0 Å². The highest BCUT2D eigenvalue weighted by Crippen LogP contribution is 2.38. The lowest BCUT2D eigenvalue weighted by Gasteiger charge is -2.30. The van der Waals surface area contributed by atoms with Crippen LogP contribution in [0, 0.1) is 15.5 Å². The van der Waals surface area contributed by atoms with Gasteiger partial charge in [-0.1, -0.05) is 29.5 Å². The van der Waals surface area contributed by atoms with Crippen molar-refractivity contribution in [3.05, 3.63) is 33.7 Å². The first-order chi connectivity index (χ1) is 13.5. The maximum absolute atomic E-state index is 11.0. The van der Waals surface area contributed by atoms with Crippen LogP contribution < -0.4 is 0 Å². The van der Waals surface area contributed by atoms with Crippen molar-refractivity contribution in [2.45, 2.75) is 13.3 Å². The predicted molar refractivity (Wildman–Crippen MR) is 111 cm³/mol. The molecule has 0 saturated heterocycles. The number of hydrogen-bond donors (Lipinski definition) is 1. The molecule has 0 bridgehead atoms. The van der Waals surface area contributed by atoms with Crippen molar-refractivity contribution in [3.63, 3.8) is 0 Å². The number of hydrogen-bond acceptors (Lipinski definition) is 8. The number of rotatable bonds is 17. The molecule has 10 heteroatoms. The van der Waals surface area contributed by atoms with E-state index in [1.165, 1.54) is 6.08 Å². The van der Waals surface area contributed by atoms with E-state index in [0.717, 1.165) is 4.43 Å². The van der Waals surface area contributed by atoms with Crippen molar-refractivity contribution in [2.75, 3.05) is 70.5 Å². The minimum Gasteiger partial charge on any atom is -0.495 e. The van der Waals surface area contributed by atoms with Crippen LogP contribution in [0.3, 0.4) is 0 Å². The van der Waals surface area contributed by atoms with Crippen LogP contribution in [0.15, 0.2) is 23.6 Å². The van der Waals surface area contributed by atoms with E-state index in [1.54, 1.807) is 6.08 Å².